The molecule has 1 aromatic carbocycles. The van der Waals surface area contributed by atoms with E-state index in [1.807, 2.05) is 18.2 Å². The van der Waals surface area contributed by atoms with E-state index >= 15 is 0 Å². The van der Waals surface area contributed by atoms with Crippen LogP contribution in [-0.4, -0.2) is 5.54 Å². The Kier molecular flexibility index (Phi) is 2.68. The zero-order chi connectivity index (χ0) is 14.9. The third-order valence-electron chi connectivity index (χ3n) is 6.04. The number of halogens is 1. The summed E-state index contributed by atoms with van der Waals surface area (Å²) in [6.07, 6.45) is 8.07. The van der Waals surface area contributed by atoms with Gasteiger partial charge in [0.05, 0.1) is 11.4 Å². The van der Waals surface area contributed by atoms with E-state index in [0.717, 1.165) is 22.3 Å². The highest BCUT2D eigenvalue weighted by atomic mass is 35.5. The lowest BCUT2D eigenvalue weighted by Crippen LogP contribution is -2.61. The predicted molar refractivity (Wildman–Crippen MR) is 89.6 cm³/mol. The fraction of sp³-hybridized carbons (Fsp3) is 0.667. The van der Waals surface area contributed by atoms with Gasteiger partial charge in [-0.3, -0.25) is 0 Å². The van der Waals surface area contributed by atoms with Gasteiger partial charge >= 0.3 is 0 Å². The fourth-order valence-electron chi connectivity index (χ4n) is 6.51. The molecule has 0 radical (unpaired) electrons. The van der Waals surface area contributed by atoms with Crippen molar-refractivity contribution >= 4 is 23.0 Å². The molecule has 0 spiro atoms. The summed E-state index contributed by atoms with van der Waals surface area (Å²) < 4.78 is 0. The second-order valence-electron chi connectivity index (χ2n) is 8.77. The van der Waals surface area contributed by atoms with Gasteiger partial charge in [0.1, 0.15) is 0 Å². The first-order chi connectivity index (χ1) is 9.79. The maximum Gasteiger partial charge on any atom is 0.0593 e. The summed E-state index contributed by atoms with van der Waals surface area (Å²) in [5.74, 6) is 0.879. The molecular formula is C18H25ClN2. The van der Waals surface area contributed by atoms with Crippen molar-refractivity contribution in [3.63, 3.8) is 0 Å². The van der Waals surface area contributed by atoms with Gasteiger partial charge in [-0.15, -0.1) is 0 Å². The molecule has 0 aromatic heterocycles. The molecule has 3 heteroatoms. The first kappa shape index (κ1) is 13.8. The normalized spacial score (nSPS) is 44.0. The Morgan fingerprint density at radius 2 is 1.76 bits per heavy atom. The van der Waals surface area contributed by atoms with Crippen molar-refractivity contribution in [3.05, 3.63) is 23.2 Å². The molecule has 4 aliphatic carbocycles. The molecule has 4 saturated carbocycles. The largest absolute Gasteiger partial charge is 0.397 e. The van der Waals surface area contributed by atoms with Gasteiger partial charge in [0.25, 0.3) is 0 Å². The minimum absolute atomic E-state index is 0.224. The molecule has 3 N–H and O–H groups in total. The zero-order valence-electron chi connectivity index (χ0n) is 13.0. The Labute approximate surface area is 132 Å². The van der Waals surface area contributed by atoms with Crippen molar-refractivity contribution in [1.82, 2.24) is 0 Å². The molecular weight excluding hydrogens is 280 g/mol. The van der Waals surface area contributed by atoms with Crippen LogP contribution in [0.25, 0.3) is 0 Å². The lowest BCUT2D eigenvalue weighted by Gasteiger charge is -2.65. The summed E-state index contributed by atoms with van der Waals surface area (Å²) >= 11 is 6.16. The number of benzene rings is 1. The number of anilines is 2. The van der Waals surface area contributed by atoms with Crippen LogP contribution in [0.1, 0.15) is 52.4 Å². The highest BCUT2D eigenvalue weighted by molar-refractivity contribution is 6.31. The van der Waals surface area contributed by atoms with Crippen molar-refractivity contribution in [2.24, 2.45) is 16.7 Å². The minimum Gasteiger partial charge on any atom is -0.397 e. The highest BCUT2D eigenvalue weighted by Crippen LogP contribution is 2.66. The molecule has 114 valence electrons. The summed E-state index contributed by atoms with van der Waals surface area (Å²) in [5, 5.41) is 4.59. The Balaban J connectivity index is 1.70. The maximum atomic E-state index is 6.16. The topological polar surface area (TPSA) is 38.0 Å². The number of rotatable bonds is 2. The van der Waals surface area contributed by atoms with E-state index in [4.69, 9.17) is 17.3 Å². The summed E-state index contributed by atoms with van der Waals surface area (Å²) in [5.41, 5.74) is 9.24. The standard InChI is InChI=1S/C18H25ClN2/c1-16-6-12-7-17(2,9-16)11-18(8-12,10-16)21-15-5-13(19)3-4-14(15)20/h3-5,12,21H,6-11,20H2,1-2H3. The van der Waals surface area contributed by atoms with E-state index in [1.165, 1.54) is 38.5 Å². The van der Waals surface area contributed by atoms with Crippen molar-refractivity contribution in [3.8, 4) is 0 Å². The number of hydrogen-bond acceptors (Lipinski definition) is 2. The van der Waals surface area contributed by atoms with Crippen LogP contribution in [-0.2, 0) is 0 Å². The Hall–Kier alpha value is -0.890. The molecule has 2 nitrogen and oxygen atoms in total. The molecule has 2 atom stereocenters. The van der Waals surface area contributed by atoms with Crippen LogP contribution in [0.5, 0.6) is 0 Å². The number of nitrogens with one attached hydrogen (secondary N) is 1. The van der Waals surface area contributed by atoms with Gasteiger partial charge in [-0.05, 0) is 73.5 Å². The van der Waals surface area contributed by atoms with Gasteiger partial charge in [-0.25, -0.2) is 0 Å². The van der Waals surface area contributed by atoms with Crippen LogP contribution in [0.3, 0.4) is 0 Å². The summed E-state index contributed by atoms with van der Waals surface area (Å²) in [6.45, 7) is 4.99. The monoisotopic (exact) mass is 304 g/mol. The molecule has 5 rings (SSSR count). The first-order valence-corrected chi connectivity index (χ1v) is 8.50. The number of nitrogens with two attached hydrogens (primary N) is 1. The van der Waals surface area contributed by atoms with Crippen LogP contribution in [0.4, 0.5) is 11.4 Å². The molecule has 21 heavy (non-hydrogen) atoms. The van der Waals surface area contributed by atoms with Crippen molar-refractivity contribution < 1.29 is 0 Å². The molecule has 0 heterocycles. The average Bonchev–Trinajstić information content (AvgIpc) is 2.28. The third kappa shape index (κ3) is 2.23. The molecule has 0 saturated heterocycles. The molecule has 2 unspecified atom stereocenters. The zero-order valence-corrected chi connectivity index (χ0v) is 13.8. The van der Waals surface area contributed by atoms with Gasteiger partial charge in [0.2, 0.25) is 0 Å². The Morgan fingerprint density at radius 1 is 1.10 bits per heavy atom. The smallest absolute Gasteiger partial charge is 0.0593 e. The van der Waals surface area contributed by atoms with Gasteiger partial charge < -0.3 is 11.1 Å². The first-order valence-electron chi connectivity index (χ1n) is 8.12. The minimum atomic E-state index is 0.224. The van der Waals surface area contributed by atoms with E-state index in [2.05, 4.69) is 19.2 Å². The summed E-state index contributed by atoms with van der Waals surface area (Å²) in [4.78, 5) is 0. The van der Waals surface area contributed by atoms with Crippen LogP contribution in [0.2, 0.25) is 5.02 Å². The third-order valence-corrected chi connectivity index (χ3v) is 6.28. The van der Waals surface area contributed by atoms with E-state index in [9.17, 15) is 0 Å². The fourth-order valence-corrected chi connectivity index (χ4v) is 6.68. The van der Waals surface area contributed by atoms with Crippen LogP contribution >= 0.6 is 11.6 Å². The van der Waals surface area contributed by atoms with Crippen molar-refractivity contribution in [2.75, 3.05) is 11.1 Å². The van der Waals surface area contributed by atoms with E-state index < -0.39 is 0 Å². The van der Waals surface area contributed by atoms with E-state index in [1.54, 1.807) is 0 Å². The molecule has 4 fully saturated rings. The Bertz CT molecular complexity index is 579. The van der Waals surface area contributed by atoms with Gasteiger partial charge in [0, 0.05) is 10.6 Å². The van der Waals surface area contributed by atoms with Gasteiger partial charge in [0.15, 0.2) is 0 Å². The number of hydrogen-bond donors (Lipinski definition) is 2. The lowest BCUT2D eigenvalue weighted by atomic mass is 9.43. The average molecular weight is 305 g/mol. The van der Waals surface area contributed by atoms with Crippen LogP contribution < -0.4 is 11.1 Å². The molecule has 0 amide bonds. The second kappa shape index (κ2) is 4.10. The number of nitrogen functional groups attached to an aromatic ring is 1. The van der Waals surface area contributed by atoms with Crippen LogP contribution in [0, 0.1) is 16.7 Å². The summed E-state index contributed by atoms with van der Waals surface area (Å²) in [7, 11) is 0. The maximum absolute atomic E-state index is 6.16. The second-order valence-corrected chi connectivity index (χ2v) is 9.20. The van der Waals surface area contributed by atoms with Crippen molar-refractivity contribution in [1.29, 1.82) is 0 Å². The van der Waals surface area contributed by atoms with Crippen molar-refractivity contribution in [2.45, 2.75) is 57.9 Å². The highest BCUT2D eigenvalue weighted by Gasteiger charge is 2.60. The van der Waals surface area contributed by atoms with Gasteiger partial charge in [-0.1, -0.05) is 25.4 Å². The van der Waals surface area contributed by atoms with E-state index in [0.29, 0.717) is 10.8 Å². The lowest BCUT2D eigenvalue weighted by molar-refractivity contribution is -0.0972. The van der Waals surface area contributed by atoms with Crippen LogP contribution in [0.15, 0.2) is 18.2 Å². The Morgan fingerprint density at radius 3 is 2.38 bits per heavy atom. The van der Waals surface area contributed by atoms with Gasteiger partial charge in [-0.2, -0.15) is 0 Å². The van der Waals surface area contributed by atoms with E-state index in [-0.39, 0.29) is 5.54 Å². The predicted octanol–water partition coefficient (Wildman–Crippen LogP) is 5.08. The quantitative estimate of drug-likeness (QED) is 0.747. The SMILES string of the molecule is CC12CC3CC(C)(C1)CC(Nc1cc(Cl)ccc1N)(C3)C2. The summed E-state index contributed by atoms with van der Waals surface area (Å²) in [6, 6.07) is 5.76. The molecule has 1 aromatic rings. The molecule has 4 aliphatic rings. The molecule has 0 aliphatic heterocycles. The molecule has 4 bridgehead atoms.